The van der Waals surface area contributed by atoms with Crippen molar-refractivity contribution >= 4 is 0 Å². The first-order valence-corrected chi connectivity index (χ1v) is 16.2. The lowest BCUT2D eigenvalue weighted by Crippen LogP contribution is -2.06. The Labute approximate surface area is 212 Å². The second kappa shape index (κ2) is 28.2. The van der Waals surface area contributed by atoms with E-state index in [1.807, 2.05) is 0 Å². The van der Waals surface area contributed by atoms with Crippen molar-refractivity contribution in [3.63, 3.8) is 0 Å². The van der Waals surface area contributed by atoms with Crippen molar-refractivity contribution in [1.29, 1.82) is 0 Å². The molecule has 0 aliphatic rings. The van der Waals surface area contributed by atoms with E-state index >= 15 is 0 Å². The summed E-state index contributed by atoms with van der Waals surface area (Å²) in [6, 6.07) is 0. The molecule has 2 unspecified atom stereocenters. The molecule has 0 aliphatic carbocycles. The topological polar surface area (TPSA) is 0 Å². The Balaban J connectivity index is 3.36. The van der Waals surface area contributed by atoms with Gasteiger partial charge in [0, 0.05) is 0 Å². The molecule has 0 heterocycles. The first kappa shape index (κ1) is 33.0. The van der Waals surface area contributed by atoms with Gasteiger partial charge in [0.1, 0.15) is 0 Å². The molecule has 0 saturated heterocycles. The molecule has 0 nitrogen and oxygen atoms in total. The van der Waals surface area contributed by atoms with E-state index in [0.717, 1.165) is 11.8 Å². The Morgan fingerprint density at radius 2 is 0.667 bits per heavy atom. The molecule has 0 heteroatoms. The third-order valence-corrected chi connectivity index (χ3v) is 8.08. The fourth-order valence-electron chi connectivity index (χ4n) is 5.61. The van der Waals surface area contributed by atoms with Crippen LogP contribution >= 0.6 is 0 Å². The van der Waals surface area contributed by atoms with E-state index in [-0.39, 0.29) is 0 Å². The summed E-state index contributed by atoms with van der Waals surface area (Å²) in [7, 11) is 0. The van der Waals surface area contributed by atoms with E-state index in [9.17, 15) is 0 Å². The summed E-state index contributed by atoms with van der Waals surface area (Å²) < 4.78 is 0. The fourth-order valence-corrected chi connectivity index (χ4v) is 5.61. The van der Waals surface area contributed by atoms with Crippen molar-refractivity contribution < 1.29 is 0 Å². The van der Waals surface area contributed by atoms with Gasteiger partial charge in [-0.2, -0.15) is 0 Å². The van der Waals surface area contributed by atoms with Crippen LogP contribution in [-0.4, -0.2) is 0 Å². The van der Waals surface area contributed by atoms with Crippen LogP contribution in [0.1, 0.15) is 201 Å². The molecule has 0 bridgehead atoms. The van der Waals surface area contributed by atoms with Crippen LogP contribution in [0.2, 0.25) is 0 Å². The molecule has 0 fully saturated rings. The Bertz CT molecular complexity index is 333. The van der Waals surface area contributed by atoms with Crippen LogP contribution in [0.4, 0.5) is 0 Å². The van der Waals surface area contributed by atoms with Gasteiger partial charge in [0.15, 0.2) is 0 Å². The third kappa shape index (κ3) is 26.4. The molecule has 0 aromatic heterocycles. The van der Waals surface area contributed by atoms with Gasteiger partial charge in [-0.05, 0) is 18.3 Å². The Hall–Kier alpha value is 0. The van der Waals surface area contributed by atoms with Gasteiger partial charge in [0.2, 0.25) is 0 Å². The lowest BCUT2D eigenvalue weighted by Gasteiger charge is -2.19. The fraction of sp³-hybridized carbons (Fsp3) is 1.00. The van der Waals surface area contributed by atoms with Crippen LogP contribution in [0, 0.1) is 11.8 Å². The maximum Gasteiger partial charge on any atom is -0.0414 e. The number of rotatable bonds is 28. The minimum Gasteiger partial charge on any atom is -0.0654 e. The van der Waals surface area contributed by atoms with Crippen molar-refractivity contribution in [3.8, 4) is 0 Å². The molecule has 0 N–H and O–H groups in total. The van der Waals surface area contributed by atoms with E-state index in [2.05, 4.69) is 27.7 Å². The molecule has 0 rings (SSSR count). The van der Waals surface area contributed by atoms with Gasteiger partial charge >= 0.3 is 0 Å². The smallest absolute Gasteiger partial charge is 0.0414 e. The average Bonchev–Trinajstić information content (AvgIpc) is 2.82. The van der Waals surface area contributed by atoms with Crippen molar-refractivity contribution in [2.75, 3.05) is 0 Å². The summed E-state index contributed by atoms with van der Waals surface area (Å²) in [4.78, 5) is 0. The second-order valence-electron chi connectivity index (χ2n) is 11.6. The van der Waals surface area contributed by atoms with Crippen LogP contribution in [0.3, 0.4) is 0 Å². The highest BCUT2D eigenvalue weighted by atomic mass is 14.2. The van der Waals surface area contributed by atoms with Crippen molar-refractivity contribution in [2.45, 2.75) is 201 Å². The second-order valence-corrected chi connectivity index (χ2v) is 11.6. The predicted octanol–water partition coefficient (Wildman–Crippen LogP) is 12.8. The highest BCUT2D eigenvalue weighted by Gasteiger charge is 2.11. The van der Waals surface area contributed by atoms with Crippen LogP contribution in [-0.2, 0) is 0 Å². The zero-order chi connectivity index (χ0) is 24.2. The molecular weight excluding hydrogens is 396 g/mol. The maximum absolute atomic E-state index is 2.53. The minimum atomic E-state index is 0.950. The summed E-state index contributed by atoms with van der Waals surface area (Å²) in [6.45, 7) is 9.57. The van der Waals surface area contributed by atoms with Gasteiger partial charge in [-0.25, -0.2) is 0 Å². The molecule has 0 radical (unpaired) electrons. The van der Waals surface area contributed by atoms with Crippen molar-refractivity contribution in [3.05, 3.63) is 0 Å². The molecule has 0 aromatic carbocycles. The zero-order valence-corrected chi connectivity index (χ0v) is 24.2. The summed E-state index contributed by atoms with van der Waals surface area (Å²) >= 11 is 0. The highest BCUT2D eigenvalue weighted by Crippen LogP contribution is 2.25. The summed E-state index contributed by atoms with van der Waals surface area (Å²) in [5.74, 6) is 1.95. The minimum absolute atomic E-state index is 0.950. The molecular formula is C33H68. The van der Waals surface area contributed by atoms with Gasteiger partial charge < -0.3 is 0 Å². The lowest BCUT2D eigenvalue weighted by atomic mass is 9.86. The SMILES string of the molecule is CCCCCCCCCCCCCCCCCCC(C)CC(CC)CCCCCCCCC. The van der Waals surface area contributed by atoms with Crippen LogP contribution in [0.15, 0.2) is 0 Å². The number of hydrogen-bond acceptors (Lipinski definition) is 0. The average molecular weight is 465 g/mol. The third-order valence-electron chi connectivity index (χ3n) is 8.08. The Morgan fingerprint density at radius 3 is 1.00 bits per heavy atom. The standard InChI is InChI=1S/C33H68/c1-5-8-10-12-14-15-16-17-18-19-20-21-22-24-25-27-29-32(4)31-33(7-3)30-28-26-23-13-11-9-6-2/h32-33H,5-31H2,1-4H3. The number of hydrogen-bond donors (Lipinski definition) is 0. The molecule has 200 valence electrons. The summed E-state index contributed by atoms with van der Waals surface area (Å²) in [5, 5.41) is 0. The Morgan fingerprint density at radius 1 is 0.364 bits per heavy atom. The molecule has 2 atom stereocenters. The molecule has 0 aromatic rings. The van der Waals surface area contributed by atoms with Gasteiger partial charge in [-0.1, -0.05) is 195 Å². The summed E-state index contributed by atoms with van der Waals surface area (Å²) in [5.41, 5.74) is 0. The molecule has 33 heavy (non-hydrogen) atoms. The van der Waals surface area contributed by atoms with Crippen molar-refractivity contribution in [1.82, 2.24) is 0 Å². The molecule has 0 amide bonds. The van der Waals surface area contributed by atoms with E-state index in [1.165, 1.54) is 173 Å². The highest BCUT2D eigenvalue weighted by molar-refractivity contribution is 4.64. The van der Waals surface area contributed by atoms with E-state index in [0.29, 0.717) is 0 Å². The van der Waals surface area contributed by atoms with Gasteiger partial charge in [0.25, 0.3) is 0 Å². The van der Waals surface area contributed by atoms with Crippen LogP contribution in [0.25, 0.3) is 0 Å². The van der Waals surface area contributed by atoms with Gasteiger partial charge in [-0.3, -0.25) is 0 Å². The normalized spacial score (nSPS) is 13.5. The monoisotopic (exact) mass is 465 g/mol. The first-order chi connectivity index (χ1) is 16.2. The van der Waals surface area contributed by atoms with E-state index in [1.54, 1.807) is 0 Å². The lowest BCUT2D eigenvalue weighted by molar-refractivity contribution is 0.329. The van der Waals surface area contributed by atoms with Crippen molar-refractivity contribution in [2.24, 2.45) is 11.8 Å². The maximum atomic E-state index is 2.53. The van der Waals surface area contributed by atoms with E-state index < -0.39 is 0 Å². The summed E-state index contributed by atoms with van der Waals surface area (Å²) in [6.07, 6.45) is 39.6. The molecule has 0 saturated carbocycles. The molecule has 0 aliphatic heterocycles. The largest absolute Gasteiger partial charge is 0.0654 e. The van der Waals surface area contributed by atoms with Crippen LogP contribution in [0.5, 0.6) is 0 Å². The predicted molar refractivity (Wildman–Crippen MR) is 154 cm³/mol. The Kier molecular flexibility index (Phi) is 28.2. The number of unbranched alkanes of at least 4 members (excludes halogenated alkanes) is 21. The van der Waals surface area contributed by atoms with Gasteiger partial charge in [0.05, 0.1) is 0 Å². The van der Waals surface area contributed by atoms with Gasteiger partial charge in [-0.15, -0.1) is 0 Å². The molecule has 0 spiro atoms. The van der Waals surface area contributed by atoms with E-state index in [4.69, 9.17) is 0 Å². The first-order valence-electron chi connectivity index (χ1n) is 16.2. The quantitative estimate of drug-likeness (QED) is 0.101. The zero-order valence-electron chi connectivity index (χ0n) is 24.2. The van der Waals surface area contributed by atoms with Crippen LogP contribution < -0.4 is 0 Å².